The molecule has 1 saturated carbocycles. The van der Waals surface area contributed by atoms with Gasteiger partial charge in [-0.15, -0.1) is 0 Å². The Morgan fingerprint density at radius 3 is 2.58 bits per heavy atom. The molecule has 4 rings (SSSR count). The van der Waals surface area contributed by atoms with E-state index < -0.39 is 6.23 Å². The minimum atomic E-state index is -0.422. The van der Waals surface area contributed by atoms with Gasteiger partial charge in [0.2, 0.25) is 0 Å². The van der Waals surface area contributed by atoms with Gasteiger partial charge in [0.1, 0.15) is 0 Å². The number of nitrogens with zero attached hydrogens (tertiary/aromatic N) is 2. The van der Waals surface area contributed by atoms with E-state index in [-0.39, 0.29) is 17.4 Å². The van der Waals surface area contributed by atoms with E-state index in [1.54, 1.807) is 19.2 Å². The smallest absolute Gasteiger partial charge is 0.256 e. The van der Waals surface area contributed by atoms with Crippen molar-refractivity contribution in [3.8, 4) is 11.5 Å². The van der Waals surface area contributed by atoms with Crippen LogP contribution in [0.2, 0.25) is 0 Å². The summed E-state index contributed by atoms with van der Waals surface area (Å²) in [5, 5.41) is 1.50. The number of fused-ring (bicyclic) bond motifs is 2. The van der Waals surface area contributed by atoms with Crippen molar-refractivity contribution in [2.24, 2.45) is 17.2 Å². The van der Waals surface area contributed by atoms with Crippen molar-refractivity contribution in [3.05, 3.63) is 17.7 Å². The Bertz CT molecular complexity index is 691. The predicted molar refractivity (Wildman–Crippen MR) is 86.4 cm³/mol. The third kappa shape index (κ3) is 2.07. The van der Waals surface area contributed by atoms with E-state index in [1.807, 2.05) is 4.90 Å². The number of hydrogen-bond acceptors (Lipinski definition) is 7. The summed E-state index contributed by atoms with van der Waals surface area (Å²) in [6, 6.07) is 3.18. The van der Waals surface area contributed by atoms with Gasteiger partial charge in [-0.25, -0.2) is 5.84 Å². The average molecular weight is 334 g/mol. The lowest BCUT2D eigenvalue weighted by molar-refractivity contribution is 0.0288. The maximum atomic E-state index is 13.2. The molecule has 0 unspecified atom stereocenters. The van der Waals surface area contributed by atoms with Gasteiger partial charge in [0.25, 0.3) is 5.91 Å². The number of hydrazine groups is 1. The normalized spacial score (nSPS) is 26.9. The summed E-state index contributed by atoms with van der Waals surface area (Å²) in [5.41, 5.74) is 1.24. The van der Waals surface area contributed by atoms with Gasteiger partial charge >= 0.3 is 0 Å². The molecule has 2 aliphatic heterocycles. The third-order valence-electron chi connectivity index (χ3n) is 5.53. The molecule has 0 radical (unpaired) electrons. The standard InChI is InChI=1S/C16H22N4O4/c1-22-12-5-9-10(6-13(12)24-18)20(17)15(23-2)11-7-16(3-4-16)8-19(11)14(9)21/h5-6,11,15H,3-4,7-8,17-18H2,1-2H3/t11-,15-/m0/s1. The quantitative estimate of drug-likeness (QED) is 0.616. The van der Waals surface area contributed by atoms with E-state index in [4.69, 9.17) is 26.1 Å². The fraction of sp³-hybridized carbons (Fsp3) is 0.562. The van der Waals surface area contributed by atoms with Crippen LogP contribution >= 0.6 is 0 Å². The second-order valence-electron chi connectivity index (χ2n) is 6.88. The number of hydrogen-bond donors (Lipinski definition) is 2. The second kappa shape index (κ2) is 5.23. The Balaban J connectivity index is 1.84. The number of amides is 1. The Labute approximate surface area is 140 Å². The zero-order valence-corrected chi connectivity index (χ0v) is 13.8. The summed E-state index contributed by atoms with van der Waals surface area (Å²) >= 11 is 0. The summed E-state index contributed by atoms with van der Waals surface area (Å²) in [6.45, 7) is 0.751. The molecule has 1 amide bonds. The van der Waals surface area contributed by atoms with Gasteiger partial charge in [-0.3, -0.25) is 9.80 Å². The fourth-order valence-electron chi connectivity index (χ4n) is 4.05. The zero-order chi connectivity index (χ0) is 17.1. The topological polar surface area (TPSA) is 103 Å². The predicted octanol–water partition coefficient (Wildman–Crippen LogP) is 0.609. The van der Waals surface area contributed by atoms with Crippen molar-refractivity contribution in [3.63, 3.8) is 0 Å². The van der Waals surface area contributed by atoms with Gasteiger partial charge in [0.15, 0.2) is 17.7 Å². The molecule has 3 aliphatic rings. The van der Waals surface area contributed by atoms with Gasteiger partial charge in [-0.05, 0) is 30.7 Å². The minimum absolute atomic E-state index is 0.0596. The van der Waals surface area contributed by atoms with Crippen LogP contribution in [0.15, 0.2) is 12.1 Å². The zero-order valence-electron chi connectivity index (χ0n) is 13.8. The number of carbonyl (C=O) groups is 1. The van der Waals surface area contributed by atoms with Gasteiger partial charge in [-0.2, -0.15) is 5.90 Å². The van der Waals surface area contributed by atoms with Crippen molar-refractivity contribution in [2.75, 3.05) is 25.8 Å². The van der Waals surface area contributed by atoms with E-state index in [1.165, 1.54) is 12.1 Å². The van der Waals surface area contributed by atoms with Crippen LogP contribution in [0.1, 0.15) is 29.6 Å². The lowest BCUT2D eigenvalue weighted by atomic mass is 10.0. The summed E-state index contributed by atoms with van der Waals surface area (Å²) in [5.74, 6) is 12.3. The molecule has 2 atom stereocenters. The lowest BCUT2D eigenvalue weighted by Crippen LogP contribution is -2.52. The fourth-order valence-corrected chi connectivity index (χ4v) is 4.05. The monoisotopic (exact) mass is 334 g/mol. The Morgan fingerprint density at radius 1 is 1.25 bits per heavy atom. The van der Waals surface area contributed by atoms with Crippen molar-refractivity contribution in [1.29, 1.82) is 0 Å². The highest BCUT2D eigenvalue weighted by Crippen LogP contribution is 2.56. The molecule has 1 aliphatic carbocycles. The Kier molecular flexibility index (Phi) is 3.38. The number of methoxy groups -OCH3 is 2. The van der Waals surface area contributed by atoms with Crippen LogP contribution in [0.3, 0.4) is 0 Å². The summed E-state index contributed by atoms with van der Waals surface area (Å²) in [6.07, 6.45) is 2.81. The van der Waals surface area contributed by atoms with E-state index in [2.05, 4.69) is 0 Å². The maximum Gasteiger partial charge on any atom is 0.256 e. The van der Waals surface area contributed by atoms with Gasteiger partial charge in [0, 0.05) is 19.7 Å². The minimum Gasteiger partial charge on any atom is -0.493 e. The van der Waals surface area contributed by atoms with Crippen molar-refractivity contribution >= 4 is 11.6 Å². The first kappa shape index (κ1) is 15.5. The molecule has 0 aromatic heterocycles. The highest BCUT2D eigenvalue weighted by molar-refractivity contribution is 6.02. The van der Waals surface area contributed by atoms with Crippen molar-refractivity contribution < 1.29 is 19.1 Å². The molecule has 24 heavy (non-hydrogen) atoms. The van der Waals surface area contributed by atoms with Crippen LogP contribution in [0.4, 0.5) is 5.69 Å². The average Bonchev–Trinajstić information content (AvgIpc) is 3.26. The Morgan fingerprint density at radius 2 is 2.00 bits per heavy atom. The van der Waals surface area contributed by atoms with Gasteiger partial charge in [0.05, 0.1) is 24.4 Å². The molecular formula is C16H22N4O4. The molecule has 1 aromatic rings. The van der Waals surface area contributed by atoms with Crippen LogP contribution in [-0.4, -0.2) is 43.8 Å². The molecule has 1 saturated heterocycles. The molecule has 0 bridgehead atoms. The molecule has 130 valence electrons. The molecular weight excluding hydrogens is 312 g/mol. The van der Waals surface area contributed by atoms with E-state index in [0.717, 1.165) is 25.8 Å². The van der Waals surface area contributed by atoms with Crippen LogP contribution in [0.5, 0.6) is 11.5 Å². The molecule has 4 N–H and O–H groups in total. The Hall–Kier alpha value is -2.03. The van der Waals surface area contributed by atoms with E-state index >= 15 is 0 Å². The lowest BCUT2D eigenvalue weighted by Gasteiger charge is -2.33. The molecule has 8 heteroatoms. The summed E-state index contributed by atoms with van der Waals surface area (Å²) < 4.78 is 10.9. The second-order valence-corrected chi connectivity index (χ2v) is 6.88. The highest BCUT2D eigenvalue weighted by Gasteiger charge is 2.57. The first-order chi connectivity index (χ1) is 11.5. The number of anilines is 1. The number of rotatable bonds is 3. The van der Waals surface area contributed by atoms with Crippen LogP contribution in [0.25, 0.3) is 0 Å². The molecule has 1 spiro atoms. The summed E-state index contributed by atoms with van der Waals surface area (Å²) in [4.78, 5) is 19.9. The number of ether oxygens (including phenoxy) is 2. The van der Waals surface area contributed by atoms with Crippen molar-refractivity contribution in [1.82, 2.24) is 4.90 Å². The largest absolute Gasteiger partial charge is 0.493 e. The highest BCUT2D eigenvalue weighted by atomic mass is 16.6. The van der Waals surface area contributed by atoms with Crippen molar-refractivity contribution in [2.45, 2.75) is 31.5 Å². The van der Waals surface area contributed by atoms with E-state index in [9.17, 15) is 4.79 Å². The SMILES string of the molecule is COc1cc2c(cc1ON)N(N)[C@@H](OC)[C@@H]1CC3(CC3)CN1C2=O. The number of benzene rings is 1. The number of carbonyl (C=O) groups excluding carboxylic acids is 1. The first-order valence-corrected chi connectivity index (χ1v) is 8.00. The van der Waals surface area contributed by atoms with Gasteiger partial charge < -0.3 is 19.2 Å². The third-order valence-corrected chi connectivity index (χ3v) is 5.53. The van der Waals surface area contributed by atoms with Gasteiger partial charge in [-0.1, -0.05) is 0 Å². The molecule has 2 heterocycles. The van der Waals surface area contributed by atoms with Crippen LogP contribution in [-0.2, 0) is 4.74 Å². The summed E-state index contributed by atoms with van der Waals surface area (Å²) in [7, 11) is 3.11. The maximum absolute atomic E-state index is 13.2. The first-order valence-electron chi connectivity index (χ1n) is 8.00. The molecule has 1 aromatic carbocycles. The molecule has 8 nitrogen and oxygen atoms in total. The number of nitrogens with two attached hydrogens (primary N) is 2. The van der Waals surface area contributed by atoms with Crippen LogP contribution in [0, 0.1) is 5.41 Å². The van der Waals surface area contributed by atoms with E-state index in [0.29, 0.717) is 22.7 Å². The molecule has 2 fully saturated rings. The van der Waals surface area contributed by atoms with Crippen LogP contribution < -0.4 is 26.3 Å².